The van der Waals surface area contributed by atoms with Gasteiger partial charge in [0.05, 0.1) is 15.7 Å². The zero-order valence-corrected chi connectivity index (χ0v) is 19.2. The third-order valence-electron chi connectivity index (χ3n) is 6.20. The molecule has 0 radical (unpaired) electrons. The van der Waals surface area contributed by atoms with Crippen molar-refractivity contribution in [2.45, 2.75) is 51.1 Å². The van der Waals surface area contributed by atoms with Crippen LogP contribution in [0.3, 0.4) is 0 Å². The maximum Gasteiger partial charge on any atom is 0.151 e. The quantitative estimate of drug-likeness (QED) is 0.682. The molecule has 0 saturated carbocycles. The van der Waals surface area contributed by atoms with Crippen molar-refractivity contribution in [1.82, 2.24) is 20.4 Å². The van der Waals surface area contributed by atoms with E-state index in [1.165, 1.54) is 38.9 Å². The van der Waals surface area contributed by atoms with Gasteiger partial charge in [-0.1, -0.05) is 36.2 Å². The van der Waals surface area contributed by atoms with Crippen molar-refractivity contribution in [2.24, 2.45) is 0 Å². The summed E-state index contributed by atoms with van der Waals surface area (Å²) in [6.07, 6.45) is 6.18. The first kappa shape index (κ1) is 21.8. The number of nitrogens with one attached hydrogen (secondary N) is 1. The van der Waals surface area contributed by atoms with E-state index in [0.29, 0.717) is 22.1 Å². The van der Waals surface area contributed by atoms with Crippen LogP contribution in [0.2, 0.25) is 10.0 Å². The van der Waals surface area contributed by atoms with Crippen molar-refractivity contribution in [1.29, 1.82) is 0 Å². The van der Waals surface area contributed by atoms with Gasteiger partial charge in [0.15, 0.2) is 5.82 Å². The van der Waals surface area contributed by atoms with E-state index in [2.05, 4.69) is 38.3 Å². The van der Waals surface area contributed by atoms with Crippen LogP contribution in [0.4, 0.5) is 5.82 Å². The van der Waals surface area contributed by atoms with Crippen LogP contribution in [0.1, 0.15) is 39.0 Å². The molecule has 0 aliphatic carbocycles. The third-order valence-corrected chi connectivity index (χ3v) is 6.94. The molecule has 2 saturated heterocycles. The molecule has 5 nitrogen and oxygen atoms in total. The molecule has 1 aromatic carbocycles. The molecule has 1 unspecified atom stereocenters. The minimum Gasteiger partial charge on any atom is -0.355 e. The number of likely N-dealkylation sites (tertiary alicyclic amines) is 1. The van der Waals surface area contributed by atoms with Gasteiger partial charge in [-0.25, -0.2) is 0 Å². The summed E-state index contributed by atoms with van der Waals surface area (Å²) in [6, 6.07) is 10.9. The Kier molecular flexibility index (Phi) is 7.47. The predicted molar refractivity (Wildman–Crippen MR) is 126 cm³/mol. The van der Waals surface area contributed by atoms with Crippen LogP contribution < -0.4 is 10.2 Å². The van der Waals surface area contributed by atoms with Gasteiger partial charge in [0.25, 0.3) is 0 Å². The Balaban J connectivity index is 1.29. The fourth-order valence-electron chi connectivity index (χ4n) is 4.62. The predicted octanol–water partition coefficient (Wildman–Crippen LogP) is 4.88. The summed E-state index contributed by atoms with van der Waals surface area (Å²) in [7, 11) is 0. The average Bonchev–Trinajstić information content (AvgIpc) is 2.77. The SMILES string of the molecule is CCCN1CCCC(NC2CCN(c3ccc(-c4ccc(Cl)c(Cl)c4)nn3)CC2)C1. The highest BCUT2D eigenvalue weighted by atomic mass is 35.5. The first-order valence-corrected chi connectivity index (χ1v) is 11.9. The lowest BCUT2D eigenvalue weighted by Gasteiger charge is -2.38. The first-order chi connectivity index (χ1) is 14.6. The highest BCUT2D eigenvalue weighted by molar-refractivity contribution is 6.42. The van der Waals surface area contributed by atoms with Gasteiger partial charge in [-0.2, -0.15) is 0 Å². The van der Waals surface area contributed by atoms with Crippen molar-refractivity contribution < 1.29 is 0 Å². The Morgan fingerprint density at radius 3 is 2.50 bits per heavy atom. The van der Waals surface area contributed by atoms with E-state index < -0.39 is 0 Å². The summed E-state index contributed by atoms with van der Waals surface area (Å²) in [6.45, 7) is 8.01. The number of hydrogen-bond donors (Lipinski definition) is 1. The lowest BCUT2D eigenvalue weighted by atomic mass is 10.00. The van der Waals surface area contributed by atoms with Crippen LogP contribution >= 0.6 is 23.2 Å². The molecule has 1 atom stereocenters. The summed E-state index contributed by atoms with van der Waals surface area (Å²) in [5.74, 6) is 0.948. The van der Waals surface area contributed by atoms with E-state index in [-0.39, 0.29) is 0 Å². The zero-order chi connectivity index (χ0) is 20.9. The third kappa shape index (κ3) is 5.44. The molecule has 1 aromatic heterocycles. The molecule has 0 bridgehead atoms. The number of benzene rings is 1. The monoisotopic (exact) mass is 447 g/mol. The van der Waals surface area contributed by atoms with Gasteiger partial charge >= 0.3 is 0 Å². The van der Waals surface area contributed by atoms with E-state index >= 15 is 0 Å². The summed E-state index contributed by atoms with van der Waals surface area (Å²) < 4.78 is 0. The minimum atomic E-state index is 0.533. The summed E-state index contributed by atoms with van der Waals surface area (Å²) in [4.78, 5) is 4.95. The molecular formula is C23H31Cl2N5. The Labute approximate surface area is 189 Å². The lowest BCUT2D eigenvalue weighted by Crippen LogP contribution is -2.52. The Morgan fingerprint density at radius 1 is 0.967 bits per heavy atom. The molecule has 2 aromatic rings. The van der Waals surface area contributed by atoms with Gasteiger partial charge < -0.3 is 15.1 Å². The van der Waals surface area contributed by atoms with E-state index in [9.17, 15) is 0 Å². The maximum absolute atomic E-state index is 6.13. The van der Waals surface area contributed by atoms with Gasteiger partial charge in [0, 0.05) is 37.3 Å². The molecule has 1 N–H and O–H groups in total. The molecule has 162 valence electrons. The second-order valence-electron chi connectivity index (χ2n) is 8.47. The lowest BCUT2D eigenvalue weighted by molar-refractivity contribution is 0.178. The van der Waals surface area contributed by atoms with Crippen molar-refractivity contribution in [3.8, 4) is 11.3 Å². The number of hydrogen-bond acceptors (Lipinski definition) is 5. The Bertz CT molecular complexity index is 819. The normalized spacial score (nSPS) is 21.2. The molecule has 2 aliphatic heterocycles. The number of rotatable bonds is 6. The van der Waals surface area contributed by atoms with Crippen LogP contribution in [0.15, 0.2) is 30.3 Å². The van der Waals surface area contributed by atoms with E-state index in [0.717, 1.165) is 43.0 Å². The van der Waals surface area contributed by atoms with Crippen LogP contribution in [-0.2, 0) is 0 Å². The van der Waals surface area contributed by atoms with E-state index in [1.807, 2.05) is 18.2 Å². The molecule has 4 rings (SSSR count). The van der Waals surface area contributed by atoms with Crippen molar-refractivity contribution in [3.05, 3.63) is 40.4 Å². The maximum atomic E-state index is 6.13. The standard InChI is InChI=1S/C23H31Cl2N5/c1-2-11-29-12-3-4-19(16-29)26-18-9-13-30(14-10-18)23-8-7-22(27-28-23)17-5-6-20(24)21(25)15-17/h5-8,15,18-19,26H,2-4,9-14,16H2,1H3. The van der Waals surface area contributed by atoms with Gasteiger partial charge in [-0.05, 0) is 69.5 Å². The highest BCUT2D eigenvalue weighted by Crippen LogP contribution is 2.28. The molecule has 0 spiro atoms. The zero-order valence-electron chi connectivity index (χ0n) is 17.7. The number of aromatic nitrogens is 2. The van der Waals surface area contributed by atoms with Crippen molar-refractivity contribution in [2.75, 3.05) is 37.6 Å². The Morgan fingerprint density at radius 2 is 1.80 bits per heavy atom. The minimum absolute atomic E-state index is 0.533. The number of halogens is 2. The molecule has 7 heteroatoms. The van der Waals surface area contributed by atoms with Crippen LogP contribution in [-0.4, -0.2) is 59.9 Å². The summed E-state index contributed by atoms with van der Waals surface area (Å²) in [5.41, 5.74) is 1.73. The van der Waals surface area contributed by atoms with Crippen molar-refractivity contribution >= 4 is 29.0 Å². The smallest absolute Gasteiger partial charge is 0.151 e. The topological polar surface area (TPSA) is 44.3 Å². The average molecular weight is 448 g/mol. The van der Waals surface area contributed by atoms with Crippen LogP contribution in [0.5, 0.6) is 0 Å². The molecular weight excluding hydrogens is 417 g/mol. The van der Waals surface area contributed by atoms with Gasteiger partial charge in [0.1, 0.15) is 0 Å². The number of nitrogens with zero attached hydrogens (tertiary/aromatic N) is 4. The summed E-state index contributed by atoms with van der Waals surface area (Å²) in [5, 5.41) is 13.9. The molecule has 30 heavy (non-hydrogen) atoms. The van der Waals surface area contributed by atoms with E-state index in [4.69, 9.17) is 23.2 Å². The Hall–Kier alpha value is -1.40. The second kappa shape index (κ2) is 10.3. The number of piperidine rings is 2. The summed E-state index contributed by atoms with van der Waals surface area (Å²) >= 11 is 12.1. The van der Waals surface area contributed by atoms with Crippen LogP contribution in [0.25, 0.3) is 11.3 Å². The molecule has 2 fully saturated rings. The van der Waals surface area contributed by atoms with Crippen molar-refractivity contribution in [3.63, 3.8) is 0 Å². The fourth-order valence-corrected chi connectivity index (χ4v) is 4.92. The fraction of sp³-hybridized carbons (Fsp3) is 0.565. The van der Waals surface area contributed by atoms with E-state index in [1.54, 1.807) is 6.07 Å². The second-order valence-corrected chi connectivity index (χ2v) is 9.29. The first-order valence-electron chi connectivity index (χ1n) is 11.1. The molecule has 0 amide bonds. The highest BCUT2D eigenvalue weighted by Gasteiger charge is 2.25. The number of anilines is 1. The largest absolute Gasteiger partial charge is 0.355 e. The van der Waals surface area contributed by atoms with Gasteiger partial charge in [0.2, 0.25) is 0 Å². The van der Waals surface area contributed by atoms with Gasteiger partial charge in [-0.15, -0.1) is 10.2 Å². The molecule has 3 heterocycles. The van der Waals surface area contributed by atoms with Gasteiger partial charge in [-0.3, -0.25) is 0 Å². The molecule has 2 aliphatic rings. The van der Waals surface area contributed by atoms with Crippen LogP contribution in [0, 0.1) is 0 Å².